The van der Waals surface area contributed by atoms with Gasteiger partial charge < -0.3 is 5.11 Å². The first-order valence-corrected chi connectivity index (χ1v) is 5.40. The van der Waals surface area contributed by atoms with Gasteiger partial charge in [-0.3, -0.25) is 15.1 Å². The second kappa shape index (κ2) is 4.44. The van der Waals surface area contributed by atoms with Crippen LogP contribution in [0.15, 0.2) is 30.5 Å². The van der Waals surface area contributed by atoms with E-state index in [1.165, 1.54) is 12.1 Å². The van der Waals surface area contributed by atoms with Crippen LogP contribution < -0.4 is 0 Å². The molecule has 0 bridgehead atoms. The minimum absolute atomic E-state index is 0.290. The molecule has 0 radical (unpaired) electrons. The average molecular weight is 244 g/mol. The van der Waals surface area contributed by atoms with Crippen molar-refractivity contribution in [3.8, 4) is 16.9 Å². The Morgan fingerprint density at radius 1 is 1.28 bits per heavy atom. The van der Waals surface area contributed by atoms with Crippen LogP contribution in [0.1, 0.15) is 11.3 Å². The highest BCUT2D eigenvalue weighted by molar-refractivity contribution is 5.70. The van der Waals surface area contributed by atoms with Crippen LogP contribution >= 0.6 is 0 Å². The zero-order valence-electron chi connectivity index (χ0n) is 10.0. The standard InChI is InChI=1S/C13H12N2O3/c1-8-7-14-9(2)5-11(8)10-3-4-12(15(17)18)13(16)6-10/h3-7,16H,1-2H3. The molecule has 1 heterocycles. The number of hydrogen-bond acceptors (Lipinski definition) is 4. The van der Waals surface area contributed by atoms with E-state index in [2.05, 4.69) is 4.98 Å². The number of benzene rings is 1. The zero-order valence-corrected chi connectivity index (χ0v) is 10.0. The Morgan fingerprint density at radius 3 is 2.61 bits per heavy atom. The van der Waals surface area contributed by atoms with E-state index in [0.717, 1.165) is 22.4 Å². The minimum Gasteiger partial charge on any atom is -0.502 e. The van der Waals surface area contributed by atoms with Gasteiger partial charge in [0.1, 0.15) is 0 Å². The highest BCUT2D eigenvalue weighted by Crippen LogP contribution is 2.32. The normalized spacial score (nSPS) is 10.3. The van der Waals surface area contributed by atoms with Crippen LogP contribution in [0.5, 0.6) is 5.75 Å². The van der Waals surface area contributed by atoms with Gasteiger partial charge in [-0.25, -0.2) is 0 Å². The van der Waals surface area contributed by atoms with Gasteiger partial charge in [0.15, 0.2) is 5.75 Å². The molecule has 0 atom stereocenters. The Hall–Kier alpha value is -2.43. The van der Waals surface area contributed by atoms with E-state index in [9.17, 15) is 15.2 Å². The molecule has 2 rings (SSSR count). The van der Waals surface area contributed by atoms with Gasteiger partial charge in [0.2, 0.25) is 0 Å². The van der Waals surface area contributed by atoms with Gasteiger partial charge in [-0.05, 0) is 48.7 Å². The summed E-state index contributed by atoms with van der Waals surface area (Å²) in [6.45, 7) is 3.77. The van der Waals surface area contributed by atoms with E-state index >= 15 is 0 Å². The lowest BCUT2D eigenvalue weighted by atomic mass is 10.0. The summed E-state index contributed by atoms with van der Waals surface area (Å²) >= 11 is 0. The molecule has 92 valence electrons. The molecular weight excluding hydrogens is 232 g/mol. The van der Waals surface area contributed by atoms with Crippen molar-refractivity contribution in [2.24, 2.45) is 0 Å². The van der Waals surface area contributed by atoms with Crippen molar-refractivity contribution in [2.75, 3.05) is 0 Å². The number of hydrogen-bond donors (Lipinski definition) is 1. The fourth-order valence-electron chi connectivity index (χ4n) is 1.78. The topological polar surface area (TPSA) is 76.3 Å². The number of aryl methyl sites for hydroxylation is 2. The smallest absolute Gasteiger partial charge is 0.310 e. The second-order valence-corrected chi connectivity index (χ2v) is 4.10. The van der Waals surface area contributed by atoms with E-state index in [1.54, 1.807) is 12.3 Å². The van der Waals surface area contributed by atoms with Crippen molar-refractivity contribution in [1.82, 2.24) is 4.98 Å². The molecule has 2 aromatic rings. The van der Waals surface area contributed by atoms with Gasteiger partial charge >= 0.3 is 5.69 Å². The number of nitrogens with zero attached hydrogens (tertiary/aromatic N) is 2. The van der Waals surface area contributed by atoms with Crippen molar-refractivity contribution < 1.29 is 10.0 Å². The van der Waals surface area contributed by atoms with Gasteiger partial charge in [0.05, 0.1) is 4.92 Å². The third-order valence-electron chi connectivity index (χ3n) is 2.72. The molecule has 0 fully saturated rings. The Morgan fingerprint density at radius 2 is 2.00 bits per heavy atom. The fourth-order valence-corrected chi connectivity index (χ4v) is 1.78. The third-order valence-corrected chi connectivity index (χ3v) is 2.72. The Bertz CT molecular complexity index is 624. The van der Waals surface area contributed by atoms with Crippen molar-refractivity contribution in [2.45, 2.75) is 13.8 Å². The number of nitro benzene ring substituents is 1. The molecule has 1 N–H and O–H groups in total. The van der Waals surface area contributed by atoms with Crippen LogP contribution in [0.4, 0.5) is 5.69 Å². The number of rotatable bonds is 2. The van der Waals surface area contributed by atoms with E-state index < -0.39 is 4.92 Å². The Kier molecular flexibility index (Phi) is 2.97. The molecule has 1 aromatic heterocycles. The summed E-state index contributed by atoms with van der Waals surface area (Å²) in [5.74, 6) is -0.327. The van der Waals surface area contributed by atoms with Gasteiger partial charge in [-0.1, -0.05) is 0 Å². The lowest BCUT2D eigenvalue weighted by molar-refractivity contribution is -0.385. The fraction of sp³-hybridized carbons (Fsp3) is 0.154. The van der Waals surface area contributed by atoms with Crippen molar-refractivity contribution in [3.63, 3.8) is 0 Å². The first-order valence-electron chi connectivity index (χ1n) is 5.40. The molecule has 0 spiro atoms. The molecule has 0 aliphatic heterocycles. The number of phenolic OH excluding ortho intramolecular Hbond substituents is 1. The highest BCUT2D eigenvalue weighted by Gasteiger charge is 2.14. The van der Waals surface area contributed by atoms with Crippen LogP contribution in [0, 0.1) is 24.0 Å². The molecule has 18 heavy (non-hydrogen) atoms. The maximum atomic E-state index is 10.6. The molecule has 5 nitrogen and oxygen atoms in total. The largest absolute Gasteiger partial charge is 0.502 e. The SMILES string of the molecule is Cc1cc(-c2ccc([N+](=O)[O-])c(O)c2)c(C)cn1. The molecule has 0 aliphatic carbocycles. The van der Waals surface area contributed by atoms with Gasteiger partial charge in [-0.15, -0.1) is 0 Å². The quantitative estimate of drug-likeness (QED) is 0.650. The van der Waals surface area contributed by atoms with Crippen LogP contribution in [0.2, 0.25) is 0 Å². The summed E-state index contributed by atoms with van der Waals surface area (Å²) < 4.78 is 0. The van der Waals surface area contributed by atoms with Crippen molar-refractivity contribution in [3.05, 3.63) is 51.8 Å². The summed E-state index contributed by atoms with van der Waals surface area (Å²) in [4.78, 5) is 14.2. The third kappa shape index (κ3) is 2.15. The van der Waals surface area contributed by atoms with E-state index in [1.807, 2.05) is 19.9 Å². The number of aromatic hydroxyl groups is 1. The predicted octanol–water partition coefficient (Wildman–Crippen LogP) is 2.98. The van der Waals surface area contributed by atoms with Gasteiger partial charge in [-0.2, -0.15) is 0 Å². The number of pyridine rings is 1. The van der Waals surface area contributed by atoms with Crippen molar-refractivity contribution in [1.29, 1.82) is 0 Å². The number of nitro groups is 1. The number of phenols is 1. The first-order chi connectivity index (χ1) is 8.49. The van der Waals surface area contributed by atoms with Crippen LogP contribution in [-0.2, 0) is 0 Å². The first kappa shape index (κ1) is 12.0. The minimum atomic E-state index is -0.607. The highest BCUT2D eigenvalue weighted by atomic mass is 16.6. The molecular formula is C13H12N2O3. The van der Waals surface area contributed by atoms with E-state index in [-0.39, 0.29) is 11.4 Å². The summed E-state index contributed by atoms with van der Waals surface area (Å²) in [5, 5.41) is 20.3. The Balaban J connectivity index is 2.55. The molecule has 0 unspecified atom stereocenters. The van der Waals surface area contributed by atoms with E-state index in [4.69, 9.17) is 0 Å². The maximum absolute atomic E-state index is 10.6. The molecule has 0 saturated heterocycles. The van der Waals surface area contributed by atoms with E-state index in [0.29, 0.717) is 0 Å². The summed E-state index contributed by atoms with van der Waals surface area (Å²) in [6, 6.07) is 6.22. The van der Waals surface area contributed by atoms with Crippen molar-refractivity contribution >= 4 is 5.69 Å². The summed E-state index contributed by atoms with van der Waals surface area (Å²) in [7, 11) is 0. The molecule has 5 heteroatoms. The number of aromatic nitrogens is 1. The average Bonchev–Trinajstić information content (AvgIpc) is 2.31. The summed E-state index contributed by atoms with van der Waals surface area (Å²) in [6.07, 6.45) is 1.74. The second-order valence-electron chi connectivity index (χ2n) is 4.10. The molecule has 0 amide bonds. The maximum Gasteiger partial charge on any atom is 0.310 e. The monoisotopic (exact) mass is 244 g/mol. The molecule has 0 aliphatic rings. The molecule has 0 saturated carbocycles. The van der Waals surface area contributed by atoms with Crippen LogP contribution in [0.3, 0.4) is 0 Å². The lowest BCUT2D eigenvalue weighted by Gasteiger charge is -2.07. The van der Waals surface area contributed by atoms with Crippen LogP contribution in [0.25, 0.3) is 11.1 Å². The lowest BCUT2D eigenvalue weighted by Crippen LogP contribution is -1.91. The zero-order chi connectivity index (χ0) is 13.3. The van der Waals surface area contributed by atoms with Gasteiger partial charge in [0, 0.05) is 18.0 Å². The van der Waals surface area contributed by atoms with Gasteiger partial charge in [0.25, 0.3) is 0 Å². The summed E-state index contributed by atoms with van der Waals surface area (Å²) in [5.41, 5.74) is 3.17. The molecule has 1 aromatic carbocycles. The van der Waals surface area contributed by atoms with Crippen LogP contribution in [-0.4, -0.2) is 15.0 Å². The Labute approximate surface area is 104 Å². The predicted molar refractivity (Wildman–Crippen MR) is 67.5 cm³/mol.